The SMILES string of the molecule is OCC1(CN2CCCOCC2)CC1. The maximum absolute atomic E-state index is 9.20. The average molecular weight is 185 g/mol. The molecule has 3 nitrogen and oxygen atoms in total. The molecule has 1 N–H and O–H groups in total. The van der Waals surface area contributed by atoms with Gasteiger partial charge in [-0.1, -0.05) is 0 Å². The van der Waals surface area contributed by atoms with Gasteiger partial charge in [-0.25, -0.2) is 0 Å². The van der Waals surface area contributed by atoms with E-state index in [1.54, 1.807) is 0 Å². The Balaban J connectivity index is 1.79. The van der Waals surface area contributed by atoms with Gasteiger partial charge in [0.05, 0.1) is 6.61 Å². The molecule has 1 aliphatic carbocycles. The van der Waals surface area contributed by atoms with Gasteiger partial charge in [0, 0.05) is 38.3 Å². The molecule has 0 bridgehead atoms. The number of rotatable bonds is 3. The molecule has 2 aliphatic rings. The van der Waals surface area contributed by atoms with Crippen LogP contribution in [0.5, 0.6) is 0 Å². The highest BCUT2D eigenvalue weighted by atomic mass is 16.5. The Hall–Kier alpha value is -0.120. The van der Waals surface area contributed by atoms with E-state index in [4.69, 9.17) is 4.74 Å². The van der Waals surface area contributed by atoms with Crippen LogP contribution >= 0.6 is 0 Å². The molecule has 3 heteroatoms. The fourth-order valence-electron chi connectivity index (χ4n) is 1.97. The van der Waals surface area contributed by atoms with Gasteiger partial charge in [0.1, 0.15) is 0 Å². The summed E-state index contributed by atoms with van der Waals surface area (Å²) in [6.45, 7) is 5.39. The molecule has 0 amide bonds. The first-order chi connectivity index (χ1) is 6.35. The lowest BCUT2D eigenvalue weighted by atomic mass is 10.1. The van der Waals surface area contributed by atoms with Gasteiger partial charge in [0.15, 0.2) is 0 Å². The lowest BCUT2D eigenvalue weighted by Crippen LogP contribution is -2.34. The molecule has 1 saturated carbocycles. The van der Waals surface area contributed by atoms with E-state index in [0.717, 1.165) is 39.3 Å². The Morgan fingerprint density at radius 3 is 2.77 bits per heavy atom. The molecule has 1 aliphatic heterocycles. The molecule has 0 aromatic heterocycles. The molecule has 0 unspecified atom stereocenters. The molecule has 0 radical (unpaired) electrons. The van der Waals surface area contributed by atoms with E-state index in [1.807, 2.05) is 0 Å². The Morgan fingerprint density at radius 1 is 1.23 bits per heavy atom. The highest BCUT2D eigenvalue weighted by Gasteiger charge is 2.43. The normalized spacial score (nSPS) is 28.4. The minimum absolute atomic E-state index is 0.268. The van der Waals surface area contributed by atoms with Gasteiger partial charge in [-0.05, 0) is 19.3 Å². The number of nitrogens with zero attached hydrogens (tertiary/aromatic N) is 1. The molecule has 1 saturated heterocycles. The van der Waals surface area contributed by atoms with Crippen molar-refractivity contribution < 1.29 is 9.84 Å². The van der Waals surface area contributed by atoms with Crippen molar-refractivity contribution in [2.45, 2.75) is 19.3 Å². The van der Waals surface area contributed by atoms with Gasteiger partial charge in [0.2, 0.25) is 0 Å². The predicted molar refractivity (Wildman–Crippen MR) is 50.6 cm³/mol. The molecule has 0 aromatic carbocycles. The Labute approximate surface area is 79.7 Å². The molecular formula is C10H19NO2. The maximum Gasteiger partial charge on any atom is 0.0593 e. The van der Waals surface area contributed by atoms with Gasteiger partial charge in [-0.3, -0.25) is 0 Å². The smallest absolute Gasteiger partial charge is 0.0593 e. The van der Waals surface area contributed by atoms with Crippen molar-refractivity contribution in [2.75, 3.05) is 39.5 Å². The minimum Gasteiger partial charge on any atom is -0.396 e. The van der Waals surface area contributed by atoms with Crippen LogP contribution in [0.3, 0.4) is 0 Å². The highest BCUT2D eigenvalue weighted by Crippen LogP contribution is 2.45. The third kappa shape index (κ3) is 2.42. The van der Waals surface area contributed by atoms with E-state index in [2.05, 4.69) is 4.90 Å². The van der Waals surface area contributed by atoms with Crippen LogP contribution in [0.25, 0.3) is 0 Å². The highest BCUT2D eigenvalue weighted by molar-refractivity contribution is 4.95. The monoisotopic (exact) mass is 185 g/mol. The van der Waals surface area contributed by atoms with Crippen LogP contribution in [0.15, 0.2) is 0 Å². The lowest BCUT2D eigenvalue weighted by Gasteiger charge is -2.24. The number of ether oxygens (including phenoxy) is 1. The topological polar surface area (TPSA) is 32.7 Å². The van der Waals surface area contributed by atoms with Crippen LogP contribution in [0.4, 0.5) is 0 Å². The van der Waals surface area contributed by atoms with Crippen molar-refractivity contribution in [1.29, 1.82) is 0 Å². The van der Waals surface area contributed by atoms with Gasteiger partial charge >= 0.3 is 0 Å². The zero-order valence-electron chi connectivity index (χ0n) is 8.17. The second kappa shape index (κ2) is 3.95. The Morgan fingerprint density at radius 2 is 2.08 bits per heavy atom. The number of aliphatic hydroxyl groups is 1. The van der Waals surface area contributed by atoms with Crippen LogP contribution in [0, 0.1) is 5.41 Å². The van der Waals surface area contributed by atoms with Crippen LogP contribution in [-0.4, -0.2) is 49.5 Å². The van der Waals surface area contributed by atoms with E-state index >= 15 is 0 Å². The van der Waals surface area contributed by atoms with E-state index in [0.29, 0.717) is 6.61 Å². The molecule has 1 heterocycles. The fraction of sp³-hybridized carbons (Fsp3) is 1.00. The summed E-state index contributed by atoms with van der Waals surface area (Å²) in [4.78, 5) is 2.44. The van der Waals surface area contributed by atoms with Gasteiger partial charge in [0.25, 0.3) is 0 Å². The van der Waals surface area contributed by atoms with E-state index < -0.39 is 0 Å². The largest absolute Gasteiger partial charge is 0.396 e. The average Bonchev–Trinajstić information content (AvgIpc) is 2.92. The van der Waals surface area contributed by atoms with E-state index in [1.165, 1.54) is 12.8 Å². The number of aliphatic hydroxyl groups excluding tert-OH is 1. The quantitative estimate of drug-likeness (QED) is 0.694. The minimum atomic E-state index is 0.268. The van der Waals surface area contributed by atoms with Crippen LogP contribution in [0.1, 0.15) is 19.3 Å². The number of hydrogen-bond acceptors (Lipinski definition) is 3. The van der Waals surface area contributed by atoms with Crippen molar-refractivity contribution in [3.05, 3.63) is 0 Å². The van der Waals surface area contributed by atoms with E-state index in [9.17, 15) is 5.11 Å². The molecule has 2 fully saturated rings. The third-order valence-corrected chi connectivity index (χ3v) is 3.17. The zero-order valence-corrected chi connectivity index (χ0v) is 8.17. The van der Waals surface area contributed by atoms with Gasteiger partial charge in [-0.15, -0.1) is 0 Å². The van der Waals surface area contributed by atoms with Crippen LogP contribution < -0.4 is 0 Å². The molecule has 2 rings (SSSR count). The van der Waals surface area contributed by atoms with Crippen molar-refractivity contribution >= 4 is 0 Å². The van der Waals surface area contributed by atoms with Crippen molar-refractivity contribution in [3.8, 4) is 0 Å². The second-order valence-corrected chi connectivity index (χ2v) is 4.40. The molecule has 0 aromatic rings. The summed E-state index contributed by atoms with van der Waals surface area (Å²) >= 11 is 0. The first kappa shape index (κ1) is 9.44. The van der Waals surface area contributed by atoms with Crippen molar-refractivity contribution in [3.63, 3.8) is 0 Å². The summed E-state index contributed by atoms with van der Waals surface area (Å²) in [6.07, 6.45) is 3.56. The van der Waals surface area contributed by atoms with Crippen molar-refractivity contribution in [1.82, 2.24) is 4.90 Å². The Kier molecular flexibility index (Phi) is 2.86. The number of hydrogen-bond donors (Lipinski definition) is 1. The van der Waals surface area contributed by atoms with Crippen LogP contribution in [-0.2, 0) is 4.74 Å². The van der Waals surface area contributed by atoms with Gasteiger partial charge in [-0.2, -0.15) is 0 Å². The fourth-order valence-corrected chi connectivity index (χ4v) is 1.97. The molecular weight excluding hydrogens is 166 g/mol. The first-order valence-corrected chi connectivity index (χ1v) is 5.26. The predicted octanol–water partition coefficient (Wildman–Crippen LogP) is 0.481. The summed E-state index contributed by atoms with van der Waals surface area (Å²) < 4.78 is 5.39. The molecule has 0 spiro atoms. The third-order valence-electron chi connectivity index (χ3n) is 3.17. The van der Waals surface area contributed by atoms with E-state index in [-0.39, 0.29) is 5.41 Å². The first-order valence-electron chi connectivity index (χ1n) is 5.26. The lowest BCUT2D eigenvalue weighted by molar-refractivity contribution is 0.124. The maximum atomic E-state index is 9.20. The summed E-state index contributed by atoms with van der Waals surface area (Å²) in [5.74, 6) is 0. The molecule has 0 atom stereocenters. The van der Waals surface area contributed by atoms with Crippen LogP contribution in [0.2, 0.25) is 0 Å². The summed E-state index contributed by atoms with van der Waals surface area (Å²) in [5, 5.41) is 9.20. The Bertz CT molecular complexity index is 160. The second-order valence-electron chi connectivity index (χ2n) is 4.40. The standard InChI is InChI=1S/C10H19NO2/c12-9-10(2-3-10)8-11-4-1-6-13-7-5-11/h12H,1-9H2. The summed E-state index contributed by atoms with van der Waals surface area (Å²) in [6, 6.07) is 0. The summed E-state index contributed by atoms with van der Waals surface area (Å²) in [5.41, 5.74) is 0.268. The molecule has 76 valence electrons. The van der Waals surface area contributed by atoms with Crippen molar-refractivity contribution in [2.24, 2.45) is 5.41 Å². The molecule has 13 heavy (non-hydrogen) atoms. The zero-order chi connectivity index (χ0) is 9.15. The van der Waals surface area contributed by atoms with Gasteiger partial charge < -0.3 is 14.7 Å². The summed E-state index contributed by atoms with van der Waals surface area (Å²) in [7, 11) is 0.